The summed E-state index contributed by atoms with van der Waals surface area (Å²) in [5.41, 5.74) is 0.910. The van der Waals surface area contributed by atoms with E-state index in [1.165, 1.54) is 0 Å². The number of esters is 1. The van der Waals surface area contributed by atoms with Gasteiger partial charge in [0.1, 0.15) is 6.04 Å². The van der Waals surface area contributed by atoms with Crippen molar-refractivity contribution in [1.29, 1.82) is 0 Å². The molecule has 2 N–H and O–H groups in total. The largest absolute Gasteiger partial charge is 0.464 e. The zero-order valence-corrected chi connectivity index (χ0v) is 20.1. The first kappa shape index (κ1) is 26.6. The summed E-state index contributed by atoms with van der Waals surface area (Å²) in [6.45, 7) is 3.52. The lowest BCUT2D eigenvalue weighted by Crippen LogP contribution is -2.52. The van der Waals surface area contributed by atoms with Crippen molar-refractivity contribution >= 4 is 23.5 Å². The molecule has 0 spiro atoms. The molecule has 0 aliphatic heterocycles. The maximum atomic E-state index is 13.0. The Kier molecular flexibility index (Phi) is 11.4. The minimum Gasteiger partial charge on any atom is -0.464 e. The maximum Gasteiger partial charge on any atom is 0.328 e. The summed E-state index contributed by atoms with van der Waals surface area (Å²) in [5.74, 6) is -1.57. The number of ether oxygens (including phenoxy) is 2. The highest BCUT2D eigenvalue weighted by Crippen LogP contribution is 2.31. The molecule has 8 heteroatoms. The lowest BCUT2D eigenvalue weighted by Gasteiger charge is -2.36. The fourth-order valence-electron chi connectivity index (χ4n) is 3.89. The van der Waals surface area contributed by atoms with Gasteiger partial charge in [0.25, 0.3) is 0 Å². The molecule has 1 aliphatic rings. The molecular formula is C24H37ClN2O5. The lowest BCUT2D eigenvalue weighted by molar-refractivity contribution is -0.149. The van der Waals surface area contributed by atoms with E-state index in [1.807, 2.05) is 44.4 Å². The summed E-state index contributed by atoms with van der Waals surface area (Å²) >= 11 is 6.51. The van der Waals surface area contributed by atoms with Crippen molar-refractivity contribution in [1.82, 2.24) is 10.2 Å². The van der Waals surface area contributed by atoms with Crippen molar-refractivity contribution in [2.45, 2.75) is 62.7 Å². The van der Waals surface area contributed by atoms with Gasteiger partial charge in [-0.15, -0.1) is 11.6 Å². The van der Waals surface area contributed by atoms with Crippen molar-refractivity contribution < 1.29 is 24.2 Å². The normalized spacial score (nSPS) is 24.2. The van der Waals surface area contributed by atoms with Crippen molar-refractivity contribution in [3.8, 4) is 0 Å². The van der Waals surface area contributed by atoms with E-state index in [0.717, 1.165) is 24.9 Å². The first-order valence-electron chi connectivity index (χ1n) is 11.4. The van der Waals surface area contributed by atoms with Gasteiger partial charge in [0.05, 0.1) is 30.1 Å². The fourth-order valence-corrected chi connectivity index (χ4v) is 4.25. The molecule has 0 bridgehead atoms. The summed E-state index contributed by atoms with van der Waals surface area (Å²) in [5, 5.41) is 13.0. The van der Waals surface area contributed by atoms with Gasteiger partial charge in [-0.2, -0.15) is 0 Å². The van der Waals surface area contributed by atoms with Gasteiger partial charge in [0.15, 0.2) is 0 Å². The van der Waals surface area contributed by atoms with Crippen LogP contribution in [0.15, 0.2) is 30.3 Å². The van der Waals surface area contributed by atoms with Crippen LogP contribution in [0.5, 0.6) is 0 Å². The number of halogens is 1. The molecule has 0 heterocycles. The molecule has 1 aliphatic carbocycles. The zero-order chi connectivity index (χ0) is 23.5. The second-order valence-electron chi connectivity index (χ2n) is 8.58. The molecule has 1 aromatic rings. The molecule has 7 nitrogen and oxygen atoms in total. The molecule has 1 saturated carbocycles. The third-order valence-electron chi connectivity index (χ3n) is 5.66. The minimum absolute atomic E-state index is 0.226. The van der Waals surface area contributed by atoms with E-state index in [4.69, 9.17) is 21.1 Å². The number of hydrogen-bond acceptors (Lipinski definition) is 6. The molecule has 0 radical (unpaired) electrons. The van der Waals surface area contributed by atoms with Crippen LogP contribution in [0, 0.1) is 5.92 Å². The molecule has 0 saturated heterocycles. The predicted molar refractivity (Wildman–Crippen MR) is 125 cm³/mol. The van der Waals surface area contributed by atoms with E-state index >= 15 is 0 Å². The second kappa shape index (κ2) is 13.8. The van der Waals surface area contributed by atoms with E-state index in [1.54, 1.807) is 6.92 Å². The summed E-state index contributed by atoms with van der Waals surface area (Å²) < 4.78 is 11.0. The highest BCUT2D eigenvalue weighted by molar-refractivity contribution is 6.21. The molecule has 1 amide bonds. The molecule has 1 aromatic carbocycles. The van der Waals surface area contributed by atoms with Gasteiger partial charge in [-0.3, -0.25) is 4.79 Å². The number of rotatable bonds is 12. The molecule has 5 atom stereocenters. The van der Waals surface area contributed by atoms with Crippen LogP contribution < -0.4 is 5.32 Å². The van der Waals surface area contributed by atoms with Crippen LogP contribution in [0.25, 0.3) is 0 Å². The number of nitrogens with zero attached hydrogens (tertiary/aromatic N) is 1. The Hall–Kier alpha value is -1.67. The Morgan fingerprint density at radius 3 is 2.59 bits per heavy atom. The number of carbonyl (C=O) groups excluding carboxylic acids is 2. The van der Waals surface area contributed by atoms with Crippen LogP contribution in [-0.2, 0) is 25.5 Å². The van der Waals surface area contributed by atoms with Crippen LogP contribution in [0.2, 0.25) is 0 Å². The number of alkyl halides is 1. The minimum atomic E-state index is -0.878. The fraction of sp³-hybridized carbons (Fsp3) is 0.667. The number of hydrogen-bond donors (Lipinski definition) is 2. The standard InChI is InChI=1S/C24H37ClN2O5/c1-4-31-24(30)20(14-17-10-6-5-7-11-17)26-23(29)18-15-19(25)22(16-21(18)28)32-13-9-8-12-27(2)3/h5-7,10-11,18-22,28H,4,8-9,12-16H2,1-3H3,(H,26,29)/t18?,19?,20-,21?,22?/m1/s1. The van der Waals surface area contributed by atoms with E-state index in [2.05, 4.69) is 10.2 Å². The molecule has 4 unspecified atom stereocenters. The summed E-state index contributed by atoms with van der Waals surface area (Å²) in [7, 11) is 4.06. The summed E-state index contributed by atoms with van der Waals surface area (Å²) in [6, 6.07) is 8.61. The highest BCUT2D eigenvalue weighted by atomic mass is 35.5. The van der Waals surface area contributed by atoms with Crippen LogP contribution in [-0.4, -0.2) is 79.4 Å². The third kappa shape index (κ3) is 8.70. The maximum absolute atomic E-state index is 13.0. The number of aliphatic hydroxyl groups is 1. The smallest absolute Gasteiger partial charge is 0.328 e. The number of unbranched alkanes of at least 4 members (excludes halogenated alkanes) is 1. The topological polar surface area (TPSA) is 88.1 Å². The number of nitrogens with one attached hydrogen (secondary N) is 1. The number of amides is 1. The van der Waals surface area contributed by atoms with Gasteiger partial charge in [0.2, 0.25) is 5.91 Å². The third-order valence-corrected chi connectivity index (χ3v) is 6.12. The summed E-state index contributed by atoms with van der Waals surface area (Å²) in [6.07, 6.45) is 1.67. The van der Waals surface area contributed by atoms with E-state index in [9.17, 15) is 14.7 Å². The first-order valence-corrected chi connectivity index (χ1v) is 11.8. The predicted octanol–water partition coefficient (Wildman–Crippen LogP) is 2.38. The van der Waals surface area contributed by atoms with E-state index in [-0.39, 0.29) is 30.4 Å². The Balaban J connectivity index is 1.90. The number of benzene rings is 1. The molecule has 1 fully saturated rings. The van der Waals surface area contributed by atoms with Crippen LogP contribution in [0.4, 0.5) is 0 Å². The van der Waals surface area contributed by atoms with Gasteiger partial charge < -0.3 is 24.8 Å². The molecule has 2 rings (SSSR count). The van der Waals surface area contributed by atoms with Gasteiger partial charge in [0, 0.05) is 19.4 Å². The van der Waals surface area contributed by atoms with Crippen LogP contribution >= 0.6 is 11.6 Å². The van der Waals surface area contributed by atoms with Crippen molar-refractivity contribution in [2.75, 3.05) is 33.9 Å². The van der Waals surface area contributed by atoms with Crippen LogP contribution in [0.1, 0.15) is 38.2 Å². The van der Waals surface area contributed by atoms with Crippen LogP contribution in [0.3, 0.4) is 0 Å². The average molecular weight is 469 g/mol. The van der Waals surface area contributed by atoms with Crippen molar-refractivity contribution in [2.24, 2.45) is 5.92 Å². The Morgan fingerprint density at radius 1 is 1.22 bits per heavy atom. The first-order chi connectivity index (χ1) is 15.3. The monoisotopic (exact) mass is 468 g/mol. The average Bonchev–Trinajstić information content (AvgIpc) is 2.75. The van der Waals surface area contributed by atoms with E-state index in [0.29, 0.717) is 19.4 Å². The molecule has 32 heavy (non-hydrogen) atoms. The Bertz CT molecular complexity index is 703. The quantitative estimate of drug-likeness (QED) is 0.278. The Morgan fingerprint density at radius 2 is 1.94 bits per heavy atom. The second-order valence-corrected chi connectivity index (χ2v) is 9.14. The van der Waals surface area contributed by atoms with Crippen molar-refractivity contribution in [3.05, 3.63) is 35.9 Å². The van der Waals surface area contributed by atoms with Gasteiger partial charge in [-0.05, 0) is 52.4 Å². The van der Waals surface area contributed by atoms with Gasteiger partial charge in [-0.25, -0.2) is 4.79 Å². The highest BCUT2D eigenvalue weighted by Gasteiger charge is 2.40. The molecule has 180 valence electrons. The molecule has 0 aromatic heterocycles. The zero-order valence-electron chi connectivity index (χ0n) is 19.3. The number of aliphatic hydroxyl groups excluding tert-OH is 1. The molecular weight excluding hydrogens is 432 g/mol. The SMILES string of the molecule is CCOC(=O)[C@@H](Cc1ccccc1)NC(=O)C1CC(Cl)C(OCCCCN(C)C)CC1O. The summed E-state index contributed by atoms with van der Waals surface area (Å²) in [4.78, 5) is 27.5. The Labute approximate surface area is 196 Å². The van der Waals surface area contributed by atoms with Crippen molar-refractivity contribution in [3.63, 3.8) is 0 Å². The van der Waals surface area contributed by atoms with E-state index < -0.39 is 24.0 Å². The lowest BCUT2D eigenvalue weighted by atomic mass is 9.83. The number of carbonyl (C=O) groups is 2. The van der Waals surface area contributed by atoms with Gasteiger partial charge >= 0.3 is 5.97 Å². The van der Waals surface area contributed by atoms with Gasteiger partial charge in [-0.1, -0.05) is 30.3 Å².